The SMILES string of the molecule is O=S(=O)(O)c1cc2nc3n(c2cc1S(=O)(=O)O)c1nc2cc(S(=O)(=O)O)c(S(=O)(=O)O)cc2n1c1nc2cc(S(=O)(=O)O)c(S(=O)(=O)O)cc2n31. The first-order valence-electron chi connectivity index (χ1n) is 12.6. The maximum Gasteiger partial charge on any atom is 0.295 e. The Labute approximate surface area is 281 Å². The molecule has 0 bridgehead atoms. The van der Waals surface area contributed by atoms with Crippen LogP contribution in [0.15, 0.2) is 65.8 Å². The van der Waals surface area contributed by atoms with Crippen molar-refractivity contribution >= 4 is 111 Å². The minimum Gasteiger partial charge on any atom is -0.282 e. The third kappa shape index (κ3) is 5.30. The van der Waals surface area contributed by atoms with Crippen LogP contribution in [0, 0.1) is 0 Å². The third-order valence-electron chi connectivity index (χ3n) is 7.37. The molecule has 51 heavy (non-hydrogen) atoms. The lowest BCUT2D eigenvalue weighted by Gasteiger charge is -2.08. The van der Waals surface area contributed by atoms with Gasteiger partial charge in [0.25, 0.3) is 60.7 Å². The summed E-state index contributed by atoms with van der Waals surface area (Å²) < 4.78 is 208. The van der Waals surface area contributed by atoms with Gasteiger partial charge in [0.05, 0.1) is 33.1 Å². The molecular formula is C21H12N6O18S6. The average Bonchev–Trinajstić information content (AvgIpc) is 3.62. The number of benzene rings is 3. The fourth-order valence-corrected chi connectivity index (χ4v) is 10.8. The van der Waals surface area contributed by atoms with Crippen molar-refractivity contribution in [2.45, 2.75) is 29.4 Å². The Bertz CT molecular complexity index is 3110. The van der Waals surface area contributed by atoms with E-state index in [0.717, 1.165) is 13.2 Å². The van der Waals surface area contributed by atoms with Crippen LogP contribution in [0.3, 0.4) is 0 Å². The summed E-state index contributed by atoms with van der Waals surface area (Å²) in [5.41, 5.74) is -2.99. The summed E-state index contributed by atoms with van der Waals surface area (Å²) in [5, 5.41) is 0. The highest BCUT2D eigenvalue weighted by Gasteiger charge is 2.32. The van der Waals surface area contributed by atoms with Crippen LogP contribution in [0.25, 0.3) is 50.4 Å². The molecule has 4 aromatic heterocycles. The molecule has 0 saturated carbocycles. The molecular weight excluding hydrogens is 817 g/mol. The quantitative estimate of drug-likeness (QED) is 0.116. The first-order valence-corrected chi connectivity index (χ1v) is 21.3. The predicted molar refractivity (Wildman–Crippen MR) is 164 cm³/mol. The van der Waals surface area contributed by atoms with Crippen LogP contribution >= 0.6 is 0 Å². The van der Waals surface area contributed by atoms with Crippen LogP contribution in [0.5, 0.6) is 0 Å². The van der Waals surface area contributed by atoms with E-state index in [-0.39, 0.29) is 0 Å². The zero-order valence-electron chi connectivity index (χ0n) is 23.7. The topological polar surface area (TPSA) is 378 Å². The lowest BCUT2D eigenvalue weighted by Crippen LogP contribution is -2.09. The van der Waals surface area contributed by atoms with Crippen LogP contribution in [0.1, 0.15) is 0 Å². The molecule has 0 fully saturated rings. The Morgan fingerprint density at radius 3 is 0.686 bits per heavy atom. The van der Waals surface area contributed by atoms with Crippen molar-refractivity contribution in [2.24, 2.45) is 0 Å². The standard InChI is InChI=1S/C21H12N6O18S6/c28-46(29,30)13-1-7-10(4-16(13)49(37,38)39)25-19(22-7)26-11-5-17(50(40,41)42)14(47(31,32)33)2-8(11)24-21(26)27-12-6-18(51(43,44)45)15(48(34,35)36)3-9(12)23-20(25)27/h1-6H,(H,28,29,30)(H,31,32,33)(H,34,35,36)(H,37,38,39)(H,40,41,42)(H,43,44,45). The van der Waals surface area contributed by atoms with Crippen molar-refractivity contribution in [1.29, 1.82) is 0 Å². The van der Waals surface area contributed by atoms with E-state index in [1.54, 1.807) is 0 Å². The summed E-state index contributed by atoms with van der Waals surface area (Å²) in [6.45, 7) is 0. The van der Waals surface area contributed by atoms with Gasteiger partial charge in [-0.15, -0.1) is 0 Å². The molecule has 0 aliphatic heterocycles. The fourth-order valence-electron chi connectivity index (χ4n) is 5.47. The zero-order valence-corrected chi connectivity index (χ0v) is 28.6. The molecule has 0 radical (unpaired) electrons. The number of hydrogen-bond donors (Lipinski definition) is 6. The number of hydrogen-bond acceptors (Lipinski definition) is 15. The Morgan fingerprint density at radius 2 is 0.510 bits per heavy atom. The van der Waals surface area contributed by atoms with Crippen molar-refractivity contribution in [3.63, 3.8) is 0 Å². The molecule has 3 aromatic carbocycles. The summed E-state index contributed by atoms with van der Waals surface area (Å²) in [6, 6.07) is 2.93. The van der Waals surface area contributed by atoms with Crippen LogP contribution < -0.4 is 0 Å². The molecule has 0 aliphatic rings. The zero-order chi connectivity index (χ0) is 37.8. The smallest absolute Gasteiger partial charge is 0.282 e. The Hall–Kier alpha value is -4.47. The van der Waals surface area contributed by atoms with E-state index in [9.17, 15) is 77.8 Å². The summed E-state index contributed by atoms with van der Waals surface area (Å²) in [7, 11) is -32.7. The number of fused-ring (bicyclic) bond motifs is 12. The minimum absolute atomic E-state index is 0.483. The van der Waals surface area contributed by atoms with Crippen molar-refractivity contribution < 1.29 is 77.8 Å². The molecule has 0 unspecified atom stereocenters. The average molecular weight is 829 g/mol. The van der Waals surface area contributed by atoms with Crippen LogP contribution in [-0.4, -0.2) is 106 Å². The largest absolute Gasteiger partial charge is 0.295 e. The first-order chi connectivity index (χ1) is 23.1. The Balaban J connectivity index is 1.86. The highest BCUT2D eigenvalue weighted by Crippen LogP contribution is 2.35. The maximum absolute atomic E-state index is 12.3. The number of nitrogens with zero attached hydrogens (tertiary/aromatic N) is 6. The summed E-state index contributed by atoms with van der Waals surface area (Å²) >= 11 is 0. The highest BCUT2D eigenvalue weighted by atomic mass is 32.2. The molecule has 7 aromatic rings. The van der Waals surface area contributed by atoms with Crippen molar-refractivity contribution in [3.8, 4) is 0 Å². The van der Waals surface area contributed by atoms with Gasteiger partial charge in [0.2, 0.25) is 17.3 Å². The molecule has 0 spiro atoms. The molecule has 0 atom stereocenters. The molecule has 30 heteroatoms. The van der Waals surface area contributed by atoms with E-state index in [2.05, 4.69) is 15.0 Å². The Morgan fingerprint density at radius 1 is 0.333 bits per heavy atom. The second kappa shape index (κ2) is 10.1. The minimum atomic E-state index is -5.47. The van der Waals surface area contributed by atoms with Gasteiger partial charge in [-0.2, -0.15) is 50.5 Å². The molecule has 24 nitrogen and oxygen atoms in total. The van der Waals surface area contributed by atoms with Gasteiger partial charge in [-0.25, -0.2) is 28.2 Å². The van der Waals surface area contributed by atoms with Crippen LogP contribution in [0.4, 0.5) is 0 Å². The lowest BCUT2D eigenvalue weighted by molar-refractivity contribution is 0.467. The monoisotopic (exact) mass is 828 g/mol. The number of rotatable bonds is 6. The highest BCUT2D eigenvalue weighted by molar-refractivity contribution is 7.90. The van der Waals surface area contributed by atoms with E-state index < -0.39 is 141 Å². The van der Waals surface area contributed by atoms with E-state index in [1.807, 2.05) is 0 Å². The third-order valence-corrected chi connectivity index (χ3v) is 13.1. The van der Waals surface area contributed by atoms with Gasteiger partial charge in [0.1, 0.15) is 29.4 Å². The summed E-state index contributed by atoms with van der Waals surface area (Å²) in [4.78, 5) is 4.23. The van der Waals surface area contributed by atoms with Gasteiger partial charge in [0, 0.05) is 0 Å². The predicted octanol–water partition coefficient (Wildman–Crippen LogP) is -0.430. The van der Waals surface area contributed by atoms with Crippen LogP contribution in [-0.2, 0) is 60.7 Å². The molecule has 7 rings (SSSR count). The van der Waals surface area contributed by atoms with Gasteiger partial charge < -0.3 is 0 Å². The van der Waals surface area contributed by atoms with Gasteiger partial charge in [-0.1, -0.05) is 0 Å². The maximum atomic E-state index is 12.3. The molecule has 4 heterocycles. The van der Waals surface area contributed by atoms with Gasteiger partial charge in [-0.05, 0) is 36.4 Å². The van der Waals surface area contributed by atoms with E-state index in [0.29, 0.717) is 36.4 Å². The molecule has 0 saturated heterocycles. The second-order valence-electron chi connectivity index (χ2n) is 10.5. The number of imidazole rings is 3. The summed E-state index contributed by atoms with van der Waals surface area (Å²) in [6.07, 6.45) is 0. The van der Waals surface area contributed by atoms with Crippen molar-refractivity contribution in [3.05, 3.63) is 36.4 Å². The van der Waals surface area contributed by atoms with Gasteiger partial charge in [0.15, 0.2) is 0 Å². The fraction of sp³-hybridized carbons (Fsp3) is 0. The van der Waals surface area contributed by atoms with Gasteiger partial charge in [-0.3, -0.25) is 27.3 Å². The molecule has 270 valence electrons. The normalized spacial score (nSPS) is 14.2. The van der Waals surface area contributed by atoms with Gasteiger partial charge >= 0.3 is 0 Å². The second-order valence-corrected chi connectivity index (χ2v) is 18.8. The van der Waals surface area contributed by atoms with E-state index >= 15 is 0 Å². The van der Waals surface area contributed by atoms with E-state index in [4.69, 9.17) is 0 Å². The lowest BCUT2D eigenvalue weighted by atomic mass is 10.3. The molecule has 0 amide bonds. The van der Waals surface area contributed by atoms with Crippen molar-refractivity contribution in [1.82, 2.24) is 28.2 Å². The van der Waals surface area contributed by atoms with E-state index in [1.165, 1.54) is 0 Å². The molecule has 6 N–H and O–H groups in total. The molecule has 0 aliphatic carbocycles. The first kappa shape index (κ1) is 35.0. The van der Waals surface area contributed by atoms with Crippen molar-refractivity contribution in [2.75, 3.05) is 0 Å². The Kier molecular flexibility index (Phi) is 6.92. The number of aromatic nitrogens is 6. The van der Waals surface area contributed by atoms with Crippen LogP contribution in [0.2, 0.25) is 0 Å². The summed E-state index contributed by atoms with van der Waals surface area (Å²) in [5.74, 6) is -1.61.